The van der Waals surface area contributed by atoms with Gasteiger partial charge in [0.25, 0.3) is 0 Å². The van der Waals surface area contributed by atoms with Crippen molar-refractivity contribution in [2.45, 2.75) is 6.92 Å². The second-order valence-corrected chi connectivity index (χ2v) is 3.55. The third-order valence-electron chi connectivity index (χ3n) is 1.92. The molecule has 84 valence electrons. The Balaban J connectivity index is 0.000000165. The molecule has 3 heteroatoms. The zero-order chi connectivity index (χ0) is 11.8. The van der Waals surface area contributed by atoms with E-state index in [-0.39, 0.29) is 0 Å². The fourth-order valence-electron chi connectivity index (χ4n) is 1.07. The molecule has 2 heterocycles. The first-order valence-corrected chi connectivity index (χ1v) is 5.16. The summed E-state index contributed by atoms with van der Waals surface area (Å²) in [7, 11) is 3.95. The Morgan fingerprint density at radius 2 is 1.50 bits per heavy atom. The van der Waals surface area contributed by atoms with Crippen LogP contribution in [-0.2, 0) is 0 Å². The summed E-state index contributed by atoms with van der Waals surface area (Å²) in [6.07, 6.45) is 3.57. The van der Waals surface area contributed by atoms with Gasteiger partial charge in [0.1, 0.15) is 5.82 Å². The predicted molar refractivity (Wildman–Crippen MR) is 67.5 cm³/mol. The molecule has 0 bridgehead atoms. The van der Waals surface area contributed by atoms with Crippen molar-refractivity contribution in [3.05, 3.63) is 54.5 Å². The molecule has 0 aromatic carbocycles. The highest BCUT2D eigenvalue weighted by molar-refractivity contribution is 5.34. The lowest BCUT2D eigenvalue weighted by molar-refractivity contribution is 1.07. The highest BCUT2D eigenvalue weighted by atomic mass is 15.1. The second kappa shape index (κ2) is 6.56. The summed E-state index contributed by atoms with van der Waals surface area (Å²) in [4.78, 5) is 10.1. The van der Waals surface area contributed by atoms with Gasteiger partial charge in [-0.05, 0) is 31.2 Å². The summed E-state index contributed by atoms with van der Waals surface area (Å²) in [6.45, 7) is 1.97. The van der Waals surface area contributed by atoms with E-state index >= 15 is 0 Å². The van der Waals surface area contributed by atoms with Crippen molar-refractivity contribution in [3.63, 3.8) is 0 Å². The van der Waals surface area contributed by atoms with E-state index in [1.165, 1.54) is 0 Å². The van der Waals surface area contributed by atoms with E-state index in [0.29, 0.717) is 0 Å². The fraction of sp³-hybridized carbons (Fsp3) is 0.231. The van der Waals surface area contributed by atoms with Gasteiger partial charge < -0.3 is 4.90 Å². The molecule has 0 saturated heterocycles. The Kier molecular flexibility index (Phi) is 4.99. The minimum Gasteiger partial charge on any atom is -0.363 e. The lowest BCUT2D eigenvalue weighted by atomic mass is 10.4. The molecular formula is C13H17N3. The van der Waals surface area contributed by atoms with Gasteiger partial charge in [-0.2, -0.15) is 0 Å². The Labute approximate surface area is 96.8 Å². The van der Waals surface area contributed by atoms with Crippen LogP contribution in [-0.4, -0.2) is 24.1 Å². The van der Waals surface area contributed by atoms with Crippen molar-refractivity contribution in [3.8, 4) is 0 Å². The van der Waals surface area contributed by atoms with Gasteiger partial charge in [-0.3, -0.25) is 4.98 Å². The van der Waals surface area contributed by atoms with Gasteiger partial charge in [0.05, 0.1) is 0 Å². The molecule has 2 rings (SSSR count). The van der Waals surface area contributed by atoms with Crippen LogP contribution in [0.4, 0.5) is 5.82 Å². The van der Waals surface area contributed by atoms with Crippen LogP contribution in [0.2, 0.25) is 0 Å². The van der Waals surface area contributed by atoms with E-state index < -0.39 is 0 Å². The minimum absolute atomic E-state index is 0.998. The summed E-state index contributed by atoms with van der Waals surface area (Å²) in [5.41, 5.74) is 1.07. The van der Waals surface area contributed by atoms with Crippen LogP contribution < -0.4 is 4.90 Å². The largest absolute Gasteiger partial charge is 0.363 e. The molecule has 0 aliphatic carbocycles. The van der Waals surface area contributed by atoms with Crippen LogP contribution in [0, 0.1) is 6.92 Å². The van der Waals surface area contributed by atoms with Gasteiger partial charge in [0.2, 0.25) is 0 Å². The zero-order valence-electron chi connectivity index (χ0n) is 9.96. The standard InChI is InChI=1S/C7H10N2.C6H7N/c1-9(2)7-5-3-4-6-8-7;1-6-4-2-3-5-7-6/h3-6H,1-2H3;2-5H,1H3. The molecule has 0 aliphatic heterocycles. The number of aryl methyl sites for hydroxylation is 1. The summed E-state index contributed by atoms with van der Waals surface area (Å²) in [5.74, 6) is 0.998. The molecule has 0 aliphatic rings. The summed E-state index contributed by atoms with van der Waals surface area (Å²) in [6, 6.07) is 11.7. The Morgan fingerprint density at radius 3 is 1.75 bits per heavy atom. The van der Waals surface area contributed by atoms with Crippen molar-refractivity contribution in [1.29, 1.82) is 0 Å². The van der Waals surface area contributed by atoms with E-state index in [4.69, 9.17) is 0 Å². The molecule has 0 spiro atoms. The number of hydrogen-bond acceptors (Lipinski definition) is 3. The lowest BCUT2D eigenvalue weighted by Crippen LogP contribution is -2.09. The van der Waals surface area contributed by atoms with Crippen LogP contribution >= 0.6 is 0 Å². The van der Waals surface area contributed by atoms with Crippen molar-refractivity contribution in [2.75, 3.05) is 19.0 Å². The zero-order valence-corrected chi connectivity index (χ0v) is 9.96. The average molecular weight is 215 g/mol. The van der Waals surface area contributed by atoms with Crippen LogP contribution in [0.5, 0.6) is 0 Å². The van der Waals surface area contributed by atoms with Crippen molar-refractivity contribution in [1.82, 2.24) is 9.97 Å². The Morgan fingerprint density at radius 1 is 0.875 bits per heavy atom. The van der Waals surface area contributed by atoms with Crippen LogP contribution in [0.1, 0.15) is 5.69 Å². The number of hydrogen-bond donors (Lipinski definition) is 0. The highest BCUT2D eigenvalue weighted by Crippen LogP contribution is 2.02. The number of aromatic nitrogens is 2. The van der Waals surface area contributed by atoms with Gasteiger partial charge in [0, 0.05) is 32.2 Å². The van der Waals surface area contributed by atoms with Crippen LogP contribution in [0.25, 0.3) is 0 Å². The lowest BCUT2D eigenvalue weighted by Gasteiger charge is -2.08. The van der Waals surface area contributed by atoms with E-state index in [1.54, 1.807) is 12.4 Å². The molecule has 0 atom stereocenters. The maximum atomic E-state index is 4.10. The van der Waals surface area contributed by atoms with Crippen LogP contribution in [0.15, 0.2) is 48.8 Å². The average Bonchev–Trinajstić information content (AvgIpc) is 2.32. The summed E-state index contributed by atoms with van der Waals surface area (Å²) in [5, 5.41) is 0. The number of pyridine rings is 2. The second-order valence-electron chi connectivity index (χ2n) is 3.55. The van der Waals surface area contributed by atoms with E-state index in [2.05, 4.69) is 9.97 Å². The first-order chi connectivity index (χ1) is 7.70. The maximum Gasteiger partial charge on any atom is 0.127 e. The molecule has 0 saturated carbocycles. The highest BCUT2D eigenvalue weighted by Gasteiger charge is 1.89. The molecule has 0 amide bonds. The van der Waals surface area contributed by atoms with Crippen molar-refractivity contribution < 1.29 is 0 Å². The van der Waals surface area contributed by atoms with Crippen molar-refractivity contribution >= 4 is 5.82 Å². The first kappa shape index (κ1) is 12.2. The molecular weight excluding hydrogens is 198 g/mol. The molecule has 2 aromatic heterocycles. The molecule has 0 radical (unpaired) electrons. The topological polar surface area (TPSA) is 29.0 Å². The normalized spacial score (nSPS) is 8.94. The van der Waals surface area contributed by atoms with Gasteiger partial charge in [-0.15, -0.1) is 0 Å². The quantitative estimate of drug-likeness (QED) is 0.732. The molecule has 16 heavy (non-hydrogen) atoms. The third-order valence-corrected chi connectivity index (χ3v) is 1.92. The van der Waals surface area contributed by atoms with Gasteiger partial charge >= 0.3 is 0 Å². The van der Waals surface area contributed by atoms with Gasteiger partial charge in [-0.25, -0.2) is 4.98 Å². The smallest absolute Gasteiger partial charge is 0.127 e. The molecule has 2 aromatic rings. The number of nitrogens with zero attached hydrogens (tertiary/aromatic N) is 3. The summed E-state index contributed by atoms with van der Waals surface area (Å²) >= 11 is 0. The van der Waals surface area contributed by atoms with Gasteiger partial charge in [-0.1, -0.05) is 12.1 Å². The Hall–Kier alpha value is -1.90. The van der Waals surface area contributed by atoms with E-state index in [1.807, 2.05) is 62.3 Å². The third kappa shape index (κ3) is 4.55. The predicted octanol–water partition coefficient (Wildman–Crippen LogP) is 2.54. The molecule has 0 unspecified atom stereocenters. The minimum atomic E-state index is 0.998. The molecule has 0 fully saturated rings. The monoisotopic (exact) mass is 215 g/mol. The molecule has 3 nitrogen and oxygen atoms in total. The number of anilines is 1. The maximum absolute atomic E-state index is 4.10. The van der Waals surface area contributed by atoms with Crippen molar-refractivity contribution in [2.24, 2.45) is 0 Å². The van der Waals surface area contributed by atoms with E-state index in [9.17, 15) is 0 Å². The Bertz CT molecular complexity index is 384. The summed E-state index contributed by atoms with van der Waals surface area (Å²) < 4.78 is 0. The first-order valence-electron chi connectivity index (χ1n) is 5.16. The number of rotatable bonds is 1. The van der Waals surface area contributed by atoms with E-state index in [0.717, 1.165) is 11.5 Å². The fourth-order valence-corrected chi connectivity index (χ4v) is 1.07. The van der Waals surface area contributed by atoms with Crippen LogP contribution in [0.3, 0.4) is 0 Å². The molecule has 0 N–H and O–H groups in total. The van der Waals surface area contributed by atoms with Gasteiger partial charge in [0.15, 0.2) is 0 Å². The SMILES string of the molecule is CN(C)c1ccccn1.Cc1ccccn1.